The van der Waals surface area contributed by atoms with E-state index in [1.807, 2.05) is 48.5 Å². The van der Waals surface area contributed by atoms with Crippen molar-refractivity contribution in [3.05, 3.63) is 70.8 Å². The quantitative estimate of drug-likeness (QED) is 0.675. The van der Waals surface area contributed by atoms with E-state index >= 15 is 0 Å². The highest BCUT2D eigenvalue weighted by Crippen LogP contribution is 2.22. The number of ether oxygens (including phenoxy) is 1. The fourth-order valence-electron chi connectivity index (χ4n) is 2.87. The predicted octanol–water partition coefficient (Wildman–Crippen LogP) is 3.87. The number of hydrogen-bond donors (Lipinski definition) is 1. The first-order chi connectivity index (χ1) is 12.7. The number of ketones is 1. The number of alkyl carbamates (subject to hydrolysis) is 1. The molecular weight excluding hydrogens is 326 g/mol. The topological polar surface area (TPSA) is 55.4 Å². The molecule has 4 heteroatoms. The zero-order valence-corrected chi connectivity index (χ0v) is 14.6. The van der Waals surface area contributed by atoms with Gasteiger partial charge in [0.25, 0.3) is 0 Å². The Morgan fingerprint density at radius 2 is 1.96 bits per heavy atom. The lowest BCUT2D eigenvalue weighted by Gasteiger charge is -2.14. The summed E-state index contributed by atoms with van der Waals surface area (Å²) >= 11 is 0. The first-order valence-electron chi connectivity index (χ1n) is 8.82. The molecule has 0 unspecified atom stereocenters. The van der Waals surface area contributed by atoms with Gasteiger partial charge < -0.3 is 10.1 Å². The highest BCUT2D eigenvalue weighted by molar-refractivity contribution is 5.98. The van der Waals surface area contributed by atoms with E-state index in [1.165, 1.54) is 0 Å². The third-order valence-electron chi connectivity index (χ3n) is 4.23. The normalized spacial score (nSPS) is 12.5. The Labute approximate surface area is 153 Å². The molecule has 2 aromatic carbocycles. The van der Waals surface area contributed by atoms with Crippen LogP contribution < -0.4 is 5.32 Å². The van der Waals surface area contributed by atoms with Gasteiger partial charge in [-0.2, -0.15) is 0 Å². The van der Waals surface area contributed by atoms with Crippen LogP contribution in [0.2, 0.25) is 0 Å². The SMILES string of the molecule is O=C(NCCC#Cc1ccc2c(c1)C(=O)CCC2)OCc1ccccc1. The van der Waals surface area contributed by atoms with E-state index in [2.05, 4.69) is 17.2 Å². The molecule has 26 heavy (non-hydrogen) atoms. The van der Waals surface area contributed by atoms with Gasteiger partial charge in [-0.1, -0.05) is 48.2 Å². The summed E-state index contributed by atoms with van der Waals surface area (Å²) in [6.07, 6.45) is 2.59. The molecule has 1 amide bonds. The smallest absolute Gasteiger partial charge is 0.407 e. The lowest BCUT2D eigenvalue weighted by atomic mass is 9.89. The standard InChI is InChI=1S/C22H21NO3/c24-21-11-6-10-19-13-12-17(15-20(19)21)7-4-5-14-23-22(25)26-16-18-8-2-1-3-9-18/h1-3,8-9,12-13,15H,5-6,10-11,14,16H2,(H,23,25). The maximum absolute atomic E-state index is 11.9. The third-order valence-corrected chi connectivity index (χ3v) is 4.23. The van der Waals surface area contributed by atoms with Gasteiger partial charge in [-0.3, -0.25) is 4.79 Å². The number of amides is 1. The molecule has 1 aliphatic carbocycles. The molecule has 2 aromatic rings. The van der Waals surface area contributed by atoms with Gasteiger partial charge in [-0.05, 0) is 36.1 Å². The molecule has 0 radical (unpaired) electrons. The Morgan fingerprint density at radius 3 is 2.81 bits per heavy atom. The average Bonchev–Trinajstić information content (AvgIpc) is 2.67. The van der Waals surface area contributed by atoms with Crippen LogP contribution in [0.3, 0.4) is 0 Å². The molecule has 3 rings (SSSR count). The second kappa shape index (κ2) is 8.87. The molecule has 1 N–H and O–H groups in total. The highest BCUT2D eigenvalue weighted by atomic mass is 16.5. The summed E-state index contributed by atoms with van der Waals surface area (Å²) in [5.41, 5.74) is 3.72. The van der Waals surface area contributed by atoms with Gasteiger partial charge in [0, 0.05) is 30.5 Å². The number of nitrogens with one attached hydrogen (secondary N) is 1. The van der Waals surface area contributed by atoms with E-state index in [0.29, 0.717) is 19.4 Å². The van der Waals surface area contributed by atoms with Gasteiger partial charge >= 0.3 is 6.09 Å². The van der Waals surface area contributed by atoms with Crippen molar-refractivity contribution >= 4 is 11.9 Å². The van der Waals surface area contributed by atoms with Crippen molar-refractivity contribution in [3.8, 4) is 11.8 Å². The average molecular weight is 347 g/mol. The first kappa shape index (κ1) is 17.8. The Kier molecular flexibility index (Phi) is 6.05. The molecule has 132 valence electrons. The minimum atomic E-state index is -0.449. The summed E-state index contributed by atoms with van der Waals surface area (Å²) in [4.78, 5) is 23.6. The summed E-state index contributed by atoms with van der Waals surface area (Å²) in [7, 11) is 0. The zero-order chi connectivity index (χ0) is 18.2. The van der Waals surface area contributed by atoms with E-state index in [1.54, 1.807) is 0 Å². The maximum atomic E-state index is 11.9. The number of rotatable bonds is 4. The Bertz CT molecular complexity index is 847. The second-order valence-electron chi connectivity index (χ2n) is 6.19. The van der Waals surface area contributed by atoms with Gasteiger partial charge in [0.1, 0.15) is 6.61 Å². The number of Topliss-reactive ketones (excluding diaryl/α,β-unsaturated/α-hetero) is 1. The van der Waals surface area contributed by atoms with Crippen LogP contribution in [0.4, 0.5) is 4.79 Å². The minimum absolute atomic E-state index is 0.206. The van der Waals surface area contributed by atoms with Crippen LogP contribution in [0, 0.1) is 11.8 Å². The molecule has 0 aliphatic heterocycles. The Balaban J connectivity index is 1.42. The summed E-state index contributed by atoms with van der Waals surface area (Å²) in [5, 5.41) is 2.68. The number of carbonyl (C=O) groups is 2. The molecule has 4 nitrogen and oxygen atoms in total. The molecule has 1 aliphatic rings. The molecule has 0 saturated carbocycles. The van der Waals surface area contributed by atoms with Gasteiger partial charge in [0.2, 0.25) is 0 Å². The van der Waals surface area contributed by atoms with Crippen LogP contribution >= 0.6 is 0 Å². The van der Waals surface area contributed by atoms with Crippen molar-refractivity contribution in [2.75, 3.05) is 6.54 Å². The van der Waals surface area contributed by atoms with E-state index in [0.717, 1.165) is 35.1 Å². The summed E-state index contributed by atoms with van der Waals surface area (Å²) in [6.45, 7) is 0.673. The molecule has 0 bridgehead atoms. The highest BCUT2D eigenvalue weighted by Gasteiger charge is 2.16. The summed E-state index contributed by atoms with van der Waals surface area (Å²) in [6, 6.07) is 15.4. The van der Waals surface area contributed by atoms with Crippen LogP contribution in [-0.2, 0) is 17.8 Å². The predicted molar refractivity (Wildman–Crippen MR) is 99.8 cm³/mol. The van der Waals surface area contributed by atoms with Crippen LogP contribution in [-0.4, -0.2) is 18.4 Å². The lowest BCUT2D eigenvalue weighted by molar-refractivity contribution is 0.0972. The third kappa shape index (κ3) is 4.97. The molecule has 0 fully saturated rings. The van der Waals surface area contributed by atoms with Crippen molar-refractivity contribution in [2.45, 2.75) is 32.3 Å². The number of fused-ring (bicyclic) bond motifs is 1. The lowest BCUT2D eigenvalue weighted by Crippen LogP contribution is -2.24. The van der Waals surface area contributed by atoms with E-state index in [4.69, 9.17) is 4.74 Å². The van der Waals surface area contributed by atoms with Crippen LogP contribution in [0.5, 0.6) is 0 Å². The van der Waals surface area contributed by atoms with E-state index in [9.17, 15) is 9.59 Å². The van der Waals surface area contributed by atoms with E-state index < -0.39 is 6.09 Å². The van der Waals surface area contributed by atoms with Gasteiger partial charge in [0.15, 0.2) is 5.78 Å². The summed E-state index contributed by atoms with van der Waals surface area (Å²) < 4.78 is 5.13. The van der Waals surface area contributed by atoms with Crippen LogP contribution in [0.1, 0.15) is 46.3 Å². The number of benzene rings is 2. The van der Waals surface area contributed by atoms with E-state index in [-0.39, 0.29) is 12.4 Å². The van der Waals surface area contributed by atoms with Gasteiger partial charge in [-0.25, -0.2) is 4.79 Å². The Hall–Kier alpha value is -3.06. The van der Waals surface area contributed by atoms with Crippen molar-refractivity contribution in [1.82, 2.24) is 5.32 Å². The molecule has 0 saturated heterocycles. The fraction of sp³-hybridized carbons (Fsp3) is 0.273. The molecule has 0 heterocycles. The fourth-order valence-corrected chi connectivity index (χ4v) is 2.87. The van der Waals surface area contributed by atoms with Crippen molar-refractivity contribution in [1.29, 1.82) is 0 Å². The van der Waals surface area contributed by atoms with Gasteiger partial charge in [-0.15, -0.1) is 0 Å². The monoisotopic (exact) mass is 347 g/mol. The molecule has 0 atom stereocenters. The van der Waals surface area contributed by atoms with Crippen molar-refractivity contribution < 1.29 is 14.3 Å². The van der Waals surface area contributed by atoms with Crippen LogP contribution in [0.15, 0.2) is 48.5 Å². The number of hydrogen-bond acceptors (Lipinski definition) is 3. The van der Waals surface area contributed by atoms with Gasteiger partial charge in [0.05, 0.1) is 0 Å². The number of aryl methyl sites for hydroxylation is 1. The second-order valence-corrected chi connectivity index (χ2v) is 6.19. The van der Waals surface area contributed by atoms with Crippen molar-refractivity contribution in [2.24, 2.45) is 0 Å². The minimum Gasteiger partial charge on any atom is -0.445 e. The molecule has 0 spiro atoms. The maximum Gasteiger partial charge on any atom is 0.407 e. The largest absolute Gasteiger partial charge is 0.445 e. The number of carbonyl (C=O) groups excluding carboxylic acids is 2. The summed E-state index contributed by atoms with van der Waals surface area (Å²) in [5.74, 6) is 6.28. The Morgan fingerprint density at radius 1 is 1.12 bits per heavy atom. The van der Waals surface area contributed by atoms with Crippen molar-refractivity contribution in [3.63, 3.8) is 0 Å². The zero-order valence-electron chi connectivity index (χ0n) is 14.6. The molecular formula is C22H21NO3. The first-order valence-corrected chi connectivity index (χ1v) is 8.82. The molecule has 0 aromatic heterocycles. The van der Waals surface area contributed by atoms with Crippen LogP contribution in [0.25, 0.3) is 0 Å².